The Labute approximate surface area is 132 Å². The molecule has 2 heterocycles. The van der Waals surface area contributed by atoms with E-state index in [1.165, 1.54) is 49.5 Å². The smallest absolute Gasteiger partial charge is 0.0366 e. The van der Waals surface area contributed by atoms with Crippen molar-refractivity contribution in [1.82, 2.24) is 4.90 Å². The van der Waals surface area contributed by atoms with Gasteiger partial charge in [0, 0.05) is 43.2 Å². The fraction of sp³-hybridized carbons (Fsp3) is 0.647. The number of benzene rings is 1. The number of nitrogens with zero attached hydrogens (tertiary/aromatic N) is 2. The van der Waals surface area contributed by atoms with Crippen LogP contribution in [0.4, 0.5) is 5.69 Å². The van der Waals surface area contributed by atoms with E-state index in [1.807, 2.05) is 0 Å². The number of anilines is 1. The third kappa shape index (κ3) is 3.38. The molecule has 2 N–H and O–H groups in total. The minimum Gasteiger partial charge on any atom is -0.371 e. The zero-order valence-corrected chi connectivity index (χ0v) is 13.7. The van der Waals surface area contributed by atoms with Crippen LogP contribution in [-0.2, 0) is 0 Å². The molecule has 1 aromatic rings. The monoisotopic (exact) mass is 305 g/mol. The Bertz CT molecular complexity index is 421. The molecule has 21 heavy (non-hydrogen) atoms. The predicted octanol–water partition coefficient (Wildman–Crippen LogP) is 2.42. The lowest BCUT2D eigenvalue weighted by atomic mass is 9.85. The van der Waals surface area contributed by atoms with Crippen LogP contribution in [0, 0.1) is 0 Å². The predicted molar refractivity (Wildman–Crippen MR) is 93.2 cm³/mol. The van der Waals surface area contributed by atoms with E-state index < -0.39 is 0 Å². The highest BCUT2D eigenvalue weighted by atomic mass is 32.2. The van der Waals surface area contributed by atoms with Gasteiger partial charge in [-0.25, -0.2) is 0 Å². The van der Waals surface area contributed by atoms with Crippen molar-refractivity contribution in [2.75, 3.05) is 49.1 Å². The summed E-state index contributed by atoms with van der Waals surface area (Å²) < 4.78 is 0. The van der Waals surface area contributed by atoms with Crippen LogP contribution in [-0.4, -0.2) is 54.7 Å². The van der Waals surface area contributed by atoms with Crippen LogP contribution in [0.15, 0.2) is 30.3 Å². The Morgan fingerprint density at radius 3 is 2.48 bits per heavy atom. The Kier molecular flexibility index (Phi) is 5.09. The van der Waals surface area contributed by atoms with Crippen LogP contribution in [0.5, 0.6) is 0 Å². The molecule has 0 aliphatic carbocycles. The Morgan fingerprint density at radius 2 is 1.76 bits per heavy atom. The molecule has 0 radical (unpaired) electrons. The molecule has 0 spiro atoms. The SMILES string of the molecule is NCC1(N2CCCSCC2)CCN(c2ccccc2)CC1. The number of rotatable bonds is 3. The summed E-state index contributed by atoms with van der Waals surface area (Å²) in [6, 6.07) is 10.8. The van der Waals surface area contributed by atoms with Crippen LogP contribution in [0.25, 0.3) is 0 Å². The van der Waals surface area contributed by atoms with Gasteiger partial charge < -0.3 is 10.6 Å². The maximum Gasteiger partial charge on any atom is 0.0366 e. The zero-order chi connectivity index (χ0) is 14.5. The second kappa shape index (κ2) is 7.03. The van der Waals surface area contributed by atoms with E-state index in [4.69, 9.17) is 5.73 Å². The highest BCUT2D eigenvalue weighted by Gasteiger charge is 2.38. The molecule has 116 valence electrons. The van der Waals surface area contributed by atoms with E-state index in [0.29, 0.717) is 0 Å². The van der Waals surface area contributed by atoms with Crippen molar-refractivity contribution in [2.24, 2.45) is 5.73 Å². The Hall–Kier alpha value is -0.710. The van der Waals surface area contributed by atoms with Gasteiger partial charge in [0.2, 0.25) is 0 Å². The molecule has 2 aliphatic heterocycles. The lowest BCUT2D eigenvalue weighted by Crippen LogP contribution is -2.60. The summed E-state index contributed by atoms with van der Waals surface area (Å²) in [4.78, 5) is 5.22. The number of para-hydroxylation sites is 1. The molecule has 2 saturated heterocycles. The Morgan fingerprint density at radius 1 is 1.00 bits per heavy atom. The summed E-state index contributed by atoms with van der Waals surface area (Å²) in [5.74, 6) is 2.58. The van der Waals surface area contributed by atoms with Crippen molar-refractivity contribution >= 4 is 17.4 Å². The molecule has 0 saturated carbocycles. The fourth-order valence-corrected chi connectivity index (χ4v) is 4.58. The van der Waals surface area contributed by atoms with E-state index in [1.54, 1.807) is 0 Å². The Balaban J connectivity index is 1.66. The first-order valence-corrected chi connectivity index (χ1v) is 9.32. The van der Waals surface area contributed by atoms with E-state index >= 15 is 0 Å². The minimum absolute atomic E-state index is 0.246. The number of hydrogen-bond donors (Lipinski definition) is 1. The van der Waals surface area contributed by atoms with Gasteiger partial charge in [-0.15, -0.1) is 0 Å². The molecule has 0 unspecified atom stereocenters. The number of piperidine rings is 1. The summed E-state index contributed by atoms with van der Waals surface area (Å²) in [6.45, 7) is 5.51. The van der Waals surface area contributed by atoms with Crippen molar-refractivity contribution in [3.63, 3.8) is 0 Å². The lowest BCUT2D eigenvalue weighted by molar-refractivity contribution is 0.0771. The van der Waals surface area contributed by atoms with Gasteiger partial charge in [0.15, 0.2) is 0 Å². The first kappa shape index (κ1) is 15.2. The third-order valence-corrected chi connectivity index (χ3v) is 6.14. The topological polar surface area (TPSA) is 32.5 Å². The van der Waals surface area contributed by atoms with Crippen LogP contribution in [0.1, 0.15) is 19.3 Å². The van der Waals surface area contributed by atoms with Crippen molar-refractivity contribution in [1.29, 1.82) is 0 Å². The molecule has 1 aromatic carbocycles. The van der Waals surface area contributed by atoms with Gasteiger partial charge in [-0.3, -0.25) is 4.90 Å². The van der Waals surface area contributed by atoms with Gasteiger partial charge in [-0.1, -0.05) is 18.2 Å². The van der Waals surface area contributed by atoms with Gasteiger partial charge in [-0.2, -0.15) is 11.8 Å². The fourth-order valence-electron chi connectivity index (χ4n) is 3.69. The van der Waals surface area contributed by atoms with Crippen LogP contribution in [0.2, 0.25) is 0 Å². The average molecular weight is 305 g/mol. The standard InChI is InChI=1S/C17H27N3S/c18-15-17(20-9-4-13-21-14-12-20)7-10-19(11-8-17)16-5-2-1-3-6-16/h1-3,5-6H,4,7-15,18H2. The van der Waals surface area contributed by atoms with Crippen molar-refractivity contribution in [2.45, 2.75) is 24.8 Å². The van der Waals surface area contributed by atoms with E-state index in [-0.39, 0.29) is 5.54 Å². The first-order chi connectivity index (χ1) is 10.3. The lowest BCUT2D eigenvalue weighted by Gasteiger charge is -2.48. The molecule has 0 aromatic heterocycles. The first-order valence-electron chi connectivity index (χ1n) is 8.17. The molecule has 4 heteroatoms. The maximum absolute atomic E-state index is 6.24. The number of hydrogen-bond acceptors (Lipinski definition) is 4. The van der Waals surface area contributed by atoms with Gasteiger partial charge >= 0.3 is 0 Å². The largest absolute Gasteiger partial charge is 0.371 e. The third-order valence-electron chi connectivity index (χ3n) is 5.09. The normalized spacial score (nSPS) is 23.8. The molecule has 2 aliphatic rings. The molecule has 0 bridgehead atoms. The number of thioether (sulfide) groups is 1. The summed E-state index contributed by atoms with van der Waals surface area (Å²) in [6.07, 6.45) is 3.71. The maximum atomic E-state index is 6.24. The van der Waals surface area contributed by atoms with Crippen LogP contribution in [0.3, 0.4) is 0 Å². The molecular weight excluding hydrogens is 278 g/mol. The summed E-state index contributed by atoms with van der Waals surface area (Å²) in [5.41, 5.74) is 7.84. The quantitative estimate of drug-likeness (QED) is 0.929. The molecular formula is C17H27N3S. The van der Waals surface area contributed by atoms with Crippen molar-refractivity contribution in [3.05, 3.63) is 30.3 Å². The molecule has 3 nitrogen and oxygen atoms in total. The highest BCUT2D eigenvalue weighted by molar-refractivity contribution is 7.99. The van der Waals surface area contributed by atoms with E-state index in [9.17, 15) is 0 Å². The highest BCUT2D eigenvalue weighted by Crippen LogP contribution is 2.32. The summed E-state index contributed by atoms with van der Waals surface area (Å²) in [7, 11) is 0. The van der Waals surface area contributed by atoms with Crippen LogP contribution < -0.4 is 10.6 Å². The second-order valence-electron chi connectivity index (χ2n) is 6.20. The molecule has 0 atom stereocenters. The summed E-state index contributed by atoms with van der Waals surface area (Å²) in [5, 5.41) is 0. The van der Waals surface area contributed by atoms with E-state index in [0.717, 1.165) is 19.6 Å². The molecule has 3 rings (SSSR count). The van der Waals surface area contributed by atoms with Crippen molar-refractivity contribution < 1.29 is 0 Å². The minimum atomic E-state index is 0.246. The molecule has 0 amide bonds. The van der Waals surface area contributed by atoms with Crippen LogP contribution >= 0.6 is 11.8 Å². The molecule has 2 fully saturated rings. The van der Waals surface area contributed by atoms with Gasteiger partial charge in [-0.05, 0) is 43.7 Å². The van der Waals surface area contributed by atoms with Gasteiger partial charge in [0.25, 0.3) is 0 Å². The van der Waals surface area contributed by atoms with E-state index in [2.05, 4.69) is 51.9 Å². The number of nitrogens with two attached hydrogens (primary N) is 1. The van der Waals surface area contributed by atoms with Crippen molar-refractivity contribution in [3.8, 4) is 0 Å². The average Bonchev–Trinajstić information content (AvgIpc) is 2.85. The summed E-state index contributed by atoms with van der Waals surface area (Å²) >= 11 is 2.10. The van der Waals surface area contributed by atoms with Gasteiger partial charge in [0.05, 0.1) is 0 Å². The zero-order valence-electron chi connectivity index (χ0n) is 12.8. The van der Waals surface area contributed by atoms with Gasteiger partial charge in [0.1, 0.15) is 0 Å². The second-order valence-corrected chi connectivity index (χ2v) is 7.43.